The number of carbonyl (C=O) groups is 1. The Bertz CT molecular complexity index is 923. The lowest BCUT2D eigenvalue weighted by atomic mass is 9.96. The van der Waals surface area contributed by atoms with Gasteiger partial charge in [0, 0.05) is 31.6 Å². The van der Waals surface area contributed by atoms with Gasteiger partial charge in [0.15, 0.2) is 5.69 Å². The fraction of sp³-hybridized carbons (Fsp3) is 0.409. The SMILES string of the molecule is COC1CCN(c2cc(C(=O)O)nc(Nc3ccc(F)cc3)c2C(=N)C(C)C)CC1. The van der Waals surface area contributed by atoms with E-state index in [1.54, 1.807) is 19.2 Å². The number of benzene rings is 1. The van der Waals surface area contributed by atoms with Crippen LogP contribution in [0.25, 0.3) is 0 Å². The van der Waals surface area contributed by atoms with Gasteiger partial charge in [0.05, 0.1) is 17.4 Å². The zero-order valence-corrected chi connectivity index (χ0v) is 17.4. The van der Waals surface area contributed by atoms with Crippen LogP contribution in [0.1, 0.15) is 42.7 Å². The largest absolute Gasteiger partial charge is 0.477 e. The highest BCUT2D eigenvalue weighted by molar-refractivity contribution is 6.09. The first-order chi connectivity index (χ1) is 14.3. The summed E-state index contributed by atoms with van der Waals surface area (Å²) in [5.41, 5.74) is 2.04. The molecule has 1 saturated heterocycles. The summed E-state index contributed by atoms with van der Waals surface area (Å²) < 4.78 is 18.8. The second-order valence-corrected chi connectivity index (χ2v) is 7.68. The Hall–Kier alpha value is -3.00. The van der Waals surface area contributed by atoms with E-state index in [1.165, 1.54) is 18.2 Å². The summed E-state index contributed by atoms with van der Waals surface area (Å²) in [5.74, 6) is -1.33. The molecule has 1 fully saturated rings. The number of piperidine rings is 1. The highest BCUT2D eigenvalue weighted by Gasteiger charge is 2.27. The van der Waals surface area contributed by atoms with Crippen molar-refractivity contribution in [1.82, 2.24) is 4.98 Å². The van der Waals surface area contributed by atoms with Gasteiger partial charge in [-0.2, -0.15) is 0 Å². The summed E-state index contributed by atoms with van der Waals surface area (Å²) in [6, 6.07) is 7.27. The molecule has 0 bridgehead atoms. The summed E-state index contributed by atoms with van der Waals surface area (Å²) in [7, 11) is 1.69. The molecule has 8 heteroatoms. The standard InChI is InChI=1S/C22H27FN4O3/c1-13(2)20(24)19-18(27-10-8-16(30-3)9-11-27)12-17(22(28)29)26-21(19)25-15-6-4-14(23)5-7-15/h4-7,12-13,16,24H,8-11H2,1-3H3,(H,25,26)(H,28,29). The Labute approximate surface area is 175 Å². The van der Waals surface area contributed by atoms with E-state index < -0.39 is 5.97 Å². The first-order valence-corrected chi connectivity index (χ1v) is 9.97. The number of ether oxygens (including phenoxy) is 1. The maximum absolute atomic E-state index is 13.3. The predicted molar refractivity (Wildman–Crippen MR) is 115 cm³/mol. The van der Waals surface area contributed by atoms with Crippen molar-refractivity contribution in [1.29, 1.82) is 5.41 Å². The molecule has 2 aromatic rings. The van der Waals surface area contributed by atoms with Crippen molar-refractivity contribution in [3.8, 4) is 0 Å². The van der Waals surface area contributed by atoms with E-state index in [9.17, 15) is 14.3 Å². The molecule has 2 heterocycles. The molecule has 1 aromatic heterocycles. The fourth-order valence-corrected chi connectivity index (χ4v) is 3.54. The number of hydrogen-bond acceptors (Lipinski definition) is 6. The third kappa shape index (κ3) is 4.76. The number of hydrogen-bond donors (Lipinski definition) is 3. The number of nitrogens with one attached hydrogen (secondary N) is 2. The van der Waals surface area contributed by atoms with E-state index in [0.717, 1.165) is 12.8 Å². The van der Waals surface area contributed by atoms with Gasteiger partial charge < -0.3 is 25.5 Å². The number of nitrogens with zero attached hydrogens (tertiary/aromatic N) is 2. The first-order valence-electron chi connectivity index (χ1n) is 9.97. The minimum Gasteiger partial charge on any atom is -0.477 e. The Balaban J connectivity index is 2.11. The molecule has 0 saturated carbocycles. The van der Waals surface area contributed by atoms with E-state index in [2.05, 4.69) is 15.2 Å². The lowest BCUT2D eigenvalue weighted by molar-refractivity contribution is 0.0690. The maximum atomic E-state index is 13.3. The van der Waals surface area contributed by atoms with Crippen LogP contribution in [-0.4, -0.2) is 48.1 Å². The van der Waals surface area contributed by atoms with Crippen molar-refractivity contribution in [2.75, 3.05) is 30.4 Å². The zero-order chi connectivity index (χ0) is 21.8. The second-order valence-electron chi connectivity index (χ2n) is 7.68. The van der Waals surface area contributed by atoms with Crippen LogP contribution in [0.15, 0.2) is 30.3 Å². The molecule has 1 aliphatic heterocycles. The number of carboxylic acid groups (broad SMARTS) is 1. The third-order valence-corrected chi connectivity index (χ3v) is 5.29. The van der Waals surface area contributed by atoms with Crippen molar-refractivity contribution in [3.63, 3.8) is 0 Å². The van der Waals surface area contributed by atoms with Crippen molar-refractivity contribution >= 4 is 28.9 Å². The topological polar surface area (TPSA) is 98.5 Å². The van der Waals surface area contributed by atoms with Crippen molar-refractivity contribution in [3.05, 3.63) is 47.4 Å². The van der Waals surface area contributed by atoms with E-state index in [0.29, 0.717) is 35.7 Å². The van der Waals surface area contributed by atoms with Crippen LogP contribution < -0.4 is 10.2 Å². The van der Waals surface area contributed by atoms with Gasteiger partial charge in [-0.15, -0.1) is 0 Å². The maximum Gasteiger partial charge on any atom is 0.354 e. The first kappa shape index (κ1) is 21.7. The van der Waals surface area contributed by atoms with Gasteiger partial charge >= 0.3 is 5.97 Å². The van der Waals surface area contributed by atoms with Crippen LogP contribution >= 0.6 is 0 Å². The summed E-state index contributed by atoms with van der Waals surface area (Å²) in [6.45, 7) is 5.21. The Kier molecular flexibility index (Phi) is 6.66. The number of carboxylic acids is 1. The molecule has 1 aliphatic rings. The summed E-state index contributed by atoms with van der Waals surface area (Å²) in [6.07, 6.45) is 1.80. The molecule has 30 heavy (non-hydrogen) atoms. The molecule has 0 amide bonds. The van der Waals surface area contributed by atoms with Gasteiger partial charge in [-0.3, -0.25) is 0 Å². The normalized spacial score (nSPS) is 14.8. The number of aromatic carboxylic acids is 1. The second kappa shape index (κ2) is 9.21. The van der Waals surface area contributed by atoms with Crippen LogP contribution in [0.2, 0.25) is 0 Å². The molecule has 0 atom stereocenters. The Morgan fingerprint density at radius 2 is 1.93 bits per heavy atom. The van der Waals surface area contributed by atoms with Crippen molar-refractivity contribution in [2.24, 2.45) is 5.92 Å². The van der Waals surface area contributed by atoms with Gasteiger partial charge in [0.25, 0.3) is 0 Å². The number of halogens is 1. The zero-order valence-electron chi connectivity index (χ0n) is 17.4. The quantitative estimate of drug-likeness (QED) is 0.584. The molecule has 0 aliphatic carbocycles. The lowest BCUT2D eigenvalue weighted by Gasteiger charge is -2.35. The molecule has 3 N–H and O–H groups in total. The van der Waals surface area contributed by atoms with Gasteiger partial charge in [-0.05, 0) is 49.1 Å². The average Bonchev–Trinajstić information content (AvgIpc) is 2.74. The minimum atomic E-state index is -1.15. The smallest absolute Gasteiger partial charge is 0.354 e. The molecule has 0 unspecified atom stereocenters. The Morgan fingerprint density at radius 1 is 1.30 bits per heavy atom. The fourth-order valence-electron chi connectivity index (χ4n) is 3.54. The molecular weight excluding hydrogens is 387 g/mol. The van der Waals surface area contributed by atoms with E-state index >= 15 is 0 Å². The summed E-state index contributed by atoms with van der Waals surface area (Å²) in [5, 5.41) is 21.4. The van der Waals surface area contributed by atoms with Gasteiger partial charge in [-0.25, -0.2) is 14.2 Å². The van der Waals surface area contributed by atoms with Crippen molar-refractivity contribution < 1.29 is 19.0 Å². The number of rotatable bonds is 7. The van der Waals surface area contributed by atoms with Crippen LogP contribution in [0.4, 0.5) is 21.6 Å². The molecule has 1 aromatic carbocycles. The van der Waals surface area contributed by atoms with Crippen LogP contribution in [0, 0.1) is 17.1 Å². The van der Waals surface area contributed by atoms with Crippen LogP contribution in [0.3, 0.4) is 0 Å². The van der Waals surface area contributed by atoms with Gasteiger partial charge in [0.1, 0.15) is 11.6 Å². The van der Waals surface area contributed by atoms with Gasteiger partial charge in [0.2, 0.25) is 0 Å². The number of pyridine rings is 1. The molecule has 3 rings (SSSR count). The summed E-state index contributed by atoms with van der Waals surface area (Å²) in [4.78, 5) is 18.1. The van der Waals surface area contributed by atoms with E-state index in [4.69, 9.17) is 10.1 Å². The molecule has 7 nitrogen and oxygen atoms in total. The number of anilines is 3. The van der Waals surface area contributed by atoms with Gasteiger partial charge in [-0.1, -0.05) is 13.8 Å². The van der Waals surface area contributed by atoms with Crippen LogP contribution in [-0.2, 0) is 4.74 Å². The number of aromatic nitrogens is 1. The molecular formula is C22H27FN4O3. The molecule has 0 radical (unpaired) electrons. The summed E-state index contributed by atoms with van der Waals surface area (Å²) >= 11 is 0. The Morgan fingerprint density at radius 3 is 2.47 bits per heavy atom. The number of methoxy groups -OCH3 is 1. The lowest BCUT2D eigenvalue weighted by Crippen LogP contribution is -2.38. The molecule has 0 spiro atoms. The van der Waals surface area contributed by atoms with Crippen LogP contribution in [0.5, 0.6) is 0 Å². The predicted octanol–water partition coefficient (Wildman–Crippen LogP) is 4.30. The van der Waals surface area contributed by atoms with E-state index in [-0.39, 0.29) is 29.4 Å². The minimum absolute atomic E-state index is 0.0912. The van der Waals surface area contributed by atoms with E-state index in [1.807, 2.05) is 13.8 Å². The highest BCUT2D eigenvalue weighted by atomic mass is 19.1. The molecule has 160 valence electrons. The van der Waals surface area contributed by atoms with Crippen molar-refractivity contribution in [2.45, 2.75) is 32.8 Å². The third-order valence-electron chi connectivity index (χ3n) is 5.29. The highest BCUT2D eigenvalue weighted by Crippen LogP contribution is 2.33. The average molecular weight is 414 g/mol. The monoisotopic (exact) mass is 414 g/mol.